The van der Waals surface area contributed by atoms with Gasteiger partial charge >= 0.3 is 6.18 Å². The number of nitrogens with one attached hydrogen (secondary N) is 1. The standard InChI is InChI=1S/C21H20F3N5O3/c1-13-11-19-28(9-2-10-29(19)26-13)20(31)8-7-17(30)25-18-12-16(27-32-18)14-3-5-15(6-4-14)21(22,23)24/h3-6,11-12H,2,7-10H2,1H3,(H,25,30). The molecule has 168 valence electrons. The van der Waals surface area contributed by atoms with Gasteiger partial charge in [-0.3, -0.25) is 19.8 Å². The maximum atomic E-state index is 12.7. The molecule has 1 aliphatic rings. The molecule has 32 heavy (non-hydrogen) atoms. The van der Waals surface area contributed by atoms with Gasteiger partial charge < -0.3 is 4.52 Å². The van der Waals surface area contributed by atoms with Crippen molar-refractivity contribution < 1.29 is 27.3 Å². The van der Waals surface area contributed by atoms with E-state index in [4.69, 9.17) is 4.52 Å². The molecule has 0 atom stereocenters. The topological polar surface area (TPSA) is 93.3 Å². The lowest BCUT2D eigenvalue weighted by molar-refractivity contribution is -0.137. The molecular weight excluding hydrogens is 427 g/mol. The van der Waals surface area contributed by atoms with Gasteiger partial charge in [-0.05, 0) is 25.5 Å². The van der Waals surface area contributed by atoms with Crippen molar-refractivity contribution in [3.8, 4) is 11.3 Å². The molecule has 1 aliphatic heterocycles. The normalized spacial score (nSPS) is 13.7. The maximum Gasteiger partial charge on any atom is 0.416 e. The Balaban J connectivity index is 1.32. The van der Waals surface area contributed by atoms with Gasteiger partial charge in [0.1, 0.15) is 11.5 Å². The van der Waals surface area contributed by atoms with E-state index in [-0.39, 0.29) is 30.3 Å². The van der Waals surface area contributed by atoms with Crippen LogP contribution in [0.3, 0.4) is 0 Å². The minimum Gasteiger partial charge on any atom is -0.338 e. The predicted octanol–water partition coefficient (Wildman–Crippen LogP) is 4.02. The number of halogens is 3. The summed E-state index contributed by atoms with van der Waals surface area (Å²) in [6.07, 6.45) is -3.68. The molecule has 8 nitrogen and oxygen atoms in total. The van der Waals surface area contributed by atoms with E-state index in [0.29, 0.717) is 12.1 Å². The molecule has 2 amide bonds. The molecule has 11 heteroatoms. The lowest BCUT2D eigenvalue weighted by Crippen LogP contribution is -2.37. The number of alkyl halides is 3. The molecule has 0 radical (unpaired) electrons. The van der Waals surface area contributed by atoms with Crippen LogP contribution in [0, 0.1) is 6.92 Å². The van der Waals surface area contributed by atoms with Crippen molar-refractivity contribution in [1.29, 1.82) is 0 Å². The summed E-state index contributed by atoms with van der Waals surface area (Å²) in [4.78, 5) is 26.5. The van der Waals surface area contributed by atoms with Crippen LogP contribution in [-0.2, 0) is 22.3 Å². The van der Waals surface area contributed by atoms with Gasteiger partial charge in [0.05, 0.1) is 11.3 Å². The van der Waals surface area contributed by atoms with Crippen molar-refractivity contribution in [2.24, 2.45) is 0 Å². The number of aryl methyl sites for hydroxylation is 2. The van der Waals surface area contributed by atoms with Crippen LogP contribution < -0.4 is 10.2 Å². The fraction of sp³-hybridized carbons (Fsp3) is 0.333. The number of aromatic nitrogens is 3. The smallest absolute Gasteiger partial charge is 0.338 e. The average Bonchev–Trinajstić information content (AvgIpc) is 3.36. The number of hydrogen-bond donors (Lipinski definition) is 1. The number of nitrogens with zero attached hydrogens (tertiary/aromatic N) is 4. The van der Waals surface area contributed by atoms with E-state index < -0.39 is 17.6 Å². The van der Waals surface area contributed by atoms with Gasteiger partial charge in [-0.1, -0.05) is 17.3 Å². The van der Waals surface area contributed by atoms with Crippen LogP contribution in [0.1, 0.15) is 30.5 Å². The third-order valence-corrected chi connectivity index (χ3v) is 5.06. The Hall–Kier alpha value is -3.63. The van der Waals surface area contributed by atoms with Crippen molar-refractivity contribution in [1.82, 2.24) is 14.9 Å². The number of benzene rings is 1. The maximum absolute atomic E-state index is 12.7. The van der Waals surface area contributed by atoms with E-state index in [1.807, 2.05) is 13.0 Å². The Kier molecular flexibility index (Phi) is 5.72. The van der Waals surface area contributed by atoms with Crippen molar-refractivity contribution in [2.45, 2.75) is 38.9 Å². The Morgan fingerprint density at radius 1 is 1.12 bits per heavy atom. The quantitative estimate of drug-likeness (QED) is 0.638. The highest BCUT2D eigenvalue weighted by Gasteiger charge is 2.30. The predicted molar refractivity (Wildman–Crippen MR) is 109 cm³/mol. The molecule has 0 saturated carbocycles. The molecule has 0 aliphatic carbocycles. The summed E-state index contributed by atoms with van der Waals surface area (Å²) in [5, 5.41) is 10.6. The molecule has 3 heterocycles. The molecule has 1 aromatic carbocycles. The van der Waals surface area contributed by atoms with Crippen LogP contribution in [0.4, 0.5) is 24.9 Å². The van der Waals surface area contributed by atoms with E-state index in [2.05, 4.69) is 15.6 Å². The second-order valence-corrected chi connectivity index (χ2v) is 7.47. The highest BCUT2D eigenvalue weighted by molar-refractivity contribution is 5.97. The van der Waals surface area contributed by atoms with Crippen molar-refractivity contribution in [3.05, 3.63) is 47.7 Å². The molecule has 0 bridgehead atoms. The molecule has 2 aromatic heterocycles. The first-order chi connectivity index (χ1) is 15.2. The van der Waals surface area contributed by atoms with Gasteiger partial charge in [-0.15, -0.1) is 0 Å². The fourth-order valence-corrected chi connectivity index (χ4v) is 3.51. The third kappa shape index (κ3) is 4.66. The van der Waals surface area contributed by atoms with Gasteiger partial charge in [0, 0.05) is 43.6 Å². The van der Waals surface area contributed by atoms with Crippen LogP contribution in [0.2, 0.25) is 0 Å². The number of carbonyl (C=O) groups is 2. The number of anilines is 2. The molecule has 3 aromatic rings. The minimum atomic E-state index is -4.43. The highest BCUT2D eigenvalue weighted by Crippen LogP contribution is 2.31. The van der Waals surface area contributed by atoms with E-state index in [1.54, 1.807) is 9.58 Å². The zero-order valence-electron chi connectivity index (χ0n) is 17.1. The summed E-state index contributed by atoms with van der Waals surface area (Å²) in [6, 6.07) is 7.69. The summed E-state index contributed by atoms with van der Waals surface area (Å²) < 4.78 is 44.9. The summed E-state index contributed by atoms with van der Waals surface area (Å²) in [5.41, 5.74) is 0.748. The minimum absolute atomic E-state index is 0.00988. The van der Waals surface area contributed by atoms with Crippen LogP contribution in [0.15, 0.2) is 40.9 Å². The van der Waals surface area contributed by atoms with E-state index in [1.165, 1.54) is 18.2 Å². The summed E-state index contributed by atoms with van der Waals surface area (Å²) in [6.45, 7) is 3.18. The number of carbonyl (C=O) groups excluding carboxylic acids is 2. The number of amides is 2. The zero-order valence-corrected chi connectivity index (χ0v) is 17.1. The van der Waals surface area contributed by atoms with E-state index in [0.717, 1.165) is 36.6 Å². The summed E-state index contributed by atoms with van der Waals surface area (Å²) >= 11 is 0. The first-order valence-corrected chi connectivity index (χ1v) is 10.00. The van der Waals surface area contributed by atoms with Crippen molar-refractivity contribution >= 4 is 23.5 Å². The van der Waals surface area contributed by atoms with Crippen LogP contribution in [0.5, 0.6) is 0 Å². The van der Waals surface area contributed by atoms with Gasteiger partial charge in [-0.2, -0.15) is 18.3 Å². The molecule has 0 unspecified atom stereocenters. The second kappa shape index (κ2) is 8.48. The van der Waals surface area contributed by atoms with E-state index >= 15 is 0 Å². The molecule has 1 N–H and O–H groups in total. The van der Waals surface area contributed by atoms with Crippen LogP contribution in [-0.4, -0.2) is 33.3 Å². The first kappa shape index (κ1) is 21.6. The monoisotopic (exact) mass is 447 g/mol. The van der Waals surface area contributed by atoms with Gasteiger partial charge in [-0.25, -0.2) is 4.68 Å². The van der Waals surface area contributed by atoms with Crippen molar-refractivity contribution in [2.75, 3.05) is 16.8 Å². The van der Waals surface area contributed by atoms with Gasteiger partial charge in [0.15, 0.2) is 0 Å². The van der Waals surface area contributed by atoms with Gasteiger partial charge in [0.2, 0.25) is 17.7 Å². The lowest BCUT2D eigenvalue weighted by atomic mass is 10.1. The molecule has 0 fully saturated rings. The number of fused-ring (bicyclic) bond motifs is 1. The molecule has 0 spiro atoms. The summed E-state index contributed by atoms with van der Waals surface area (Å²) in [7, 11) is 0. The third-order valence-electron chi connectivity index (χ3n) is 5.06. The lowest BCUT2D eigenvalue weighted by Gasteiger charge is -2.27. The molecule has 4 rings (SSSR count). The average molecular weight is 447 g/mol. The Morgan fingerprint density at radius 3 is 2.59 bits per heavy atom. The highest BCUT2D eigenvalue weighted by atomic mass is 19.4. The van der Waals surface area contributed by atoms with Crippen LogP contribution in [0.25, 0.3) is 11.3 Å². The fourth-order valence-electron chi connectivity index (χ4n) is 3.51. The number of rotatable bonds is 5. The second-order valence-electron chi connectivity index (χ2n) is 7.47. The summed E-state index contributed by atoms with van der Waals surface area (Å²) in [5.74, 6) is 0.166. The SMILES string of the molecule is Cc1cc2n(n1)CCCN2C(=O)CCC(=O)Nc1cc(-c2ccc(C(F)(F)F)cc2)no1. The van der Waals surface area contributed by atoms with Gasteiger partial charge in [0.25, 0.3) is 0 Å². The van der Waals surface area contributed by atoms with Crippen LogP contribution >= 0.6 is 0 Å². The van der Waals surface area contributed by atoms with E-state index in [9.17, 15) is 22.8 Å². The number of hydrogen-bond acceptors (Lipinski definition) is 5. The zero-order chi connectivity index (χ0) is 22.9. The Morgan fingerprint density at radius 2 is 1.88 bits per heavy atom. The Labute approximate surface area is 181 Å². The first-order valence-electron chi connectivity index (χ1n) is 10.00. The molecule has 0 saturated heterocycles. The Bertz CT molecular complexity index is 1130. The molecular formula is C21H20F3N5O3. The largest absolute Gasteiger partial charge is 0.416 e. The van der Waals surface area contributed by atoms with Crippen molar-refractivity contribution in [3.63, 3.8) is 0 Å².